The van der Waals surface area contributed by atoms with Crippen LogP contribution in [0.5, 0.6) is 5.75 Å². The lowest BCUT2D eigenvalue weighted by Gasteiger charge is -2.24. The Morgan fingerprint density at radius 3 is 2.26 bits per heavy atom. The minimum Gasteiger partial charge on any atom is -0.497 e. The molecular formula is C24H31N3O3S. The summed E-state index contributed by atoms with van der Waals surface area (Å²) in [5.41, 5.74) is 3.23. The number of nitrogens with one attached hydrogen (secondary N) is 1. The van der Waals surface area contributed by atoms with Crippen LogP contribution in [-0.2, 0) is 22.5 Å². The van der Waals surface area contributed by atoms with E-state index in [2.05, 4.69) is 30.5 Å². The highest BCUT2D eigenvalue weighted by atomic mass is 32.2. The molecule has 0 amide bonds. The minimum atomic E-state index is -3.84. The van der Waals surface area contributed by atoms with Gasteiger partial charge in [0.25, 0.3) is 0 Å². The van der Waals surface area contributed by atoms with Crippen LogP contribution in [0.25, 0.3) is 0 Å². The maximum absolute atomic E-state index is 13.6. The maximum Gasteiger partial charge on any atom is 0.242 e. The molecule has 6 nitrogen and oxygen atoms in total. The fraction of sp³-hybridized carbons (Fsp3) is 0.375. The van der Waals surface area contributed by atoms with Gasteiger partial charge >= 0.3 is 0 Å². The lowest BCUT2D eigenvalue weighted by Crippen LogP contribution is -2.32. The van der Waals surface area contributed by atoms with Crippen molar-refractivity contribution in [3.63, 3.8) is 0 Å². The Labute approximate surface area is 185 Å². The minimum absolute atomic E-state index is 0.0681. The molecule has 0 aliphatic rings. The molecule has 7 heteroatoms. The number of nitrogens with zero attached hydrogens (tertiary/aromatic N) is 2. The van der Waals surface area contributed by atoms with Crippen molar-refractivity contribution in [2.75, 3.05) is 7.11 Å². The summed E-state index contributed by atoms with van der Waals surface area (Å²) >= 11 is 0. The van der Waals surface area contributed by atoms with Crippen LogP contribution in [0.15, 0.2) is 53.7 Å². The van der Waals surface area contributed by atoms with E-state index >= 15 is 0 Å². The number of rotatable bonds is 6. The van der Waals surface area contributed by atoms with Crippen molar-refractivity contribution in [2.24, 2.45) is 7.05 Å². The molecule has 0 fully saturated rings. The zero-order chi connectivity index (χ0) is 23.0. The molecule has 0 bridgehead atoms. The van der Waals surface area contributed by atoms with E-state index in [-0.39, 0.29) is 5.41 Å². The van der Waals surface area contributed by atoms with Gasteiger partial charge in [0.1, 0.15) is 17.6 Å². The second kappa shape index (κ2) is 8.48. The van der Waals surface area contributed by atoms with Crippen LogP contribution in [-0.4, -0.2) is 25.1 Å². The fourth-order valence-electron chi connectivity index (χ4n) is 3.77. The van der Waals surface area contributed by atoms with Crippen molar-refractivity contribution >= 4 is 10.0 Å². The van der Waals surface area contributed by atoms with Gasteiger partial charge in [-0.25, -0.2) is 13.4 Å². The molecule has 0 aliphatic carbocycles. The third-order valence-electron chi connectivity index (χ3n) is 5.41. The van der Waals surface area contributed by atoms with Crippen molar-refractivity contribution in [1.82, 2.24) is 14.3 Å². The number of benzene rings is 2. The van der Waals surface area contributed by atoms with Crippen LogP contribution in [0.2, 0.25) is 0 Å². The second-order valence-electron chi connectivity index (χ2n) is 8.92. The number of aryl methyl sites for hydroxylation is 3. The van der Waals surface area contributed by atoms with Gasteiger partial charge < -0.3 is 9.30 Å². The third kappa shape index (κ3) is 4.83. The van der Waals surface area contributed by atoms with Gasteiger partial charge in [0.2, 0.25) is 10.0 Å². The smallest absolute Gasteiger partial charge is 0.242 e. The van der Waals surface area contributed by atoms with Gasteiger partial charge in [-0.3, -0.25) is 0 Å². The molecule has 0 aliphatic heterocycles. The molecule has 0 saturated carbocycles. The van der Waals surface area contributed by atoms with Crippen molar-refractivity contribution < 1.29 is 13.2 Å². The van der Waals surface area contributed by atoms with Crippen LogP contribution in [0.1, 0.15) is 54.9 Å². The molecule has 0 saturated heterocycles. The molecule has 1 unspecified atom stereocenters. The van der Waals surface area contributed by atoms with Crippen molar-refractivity contribution in [3.05, 3.63) is 76.9 Å². The first-order valence-corrected chi connectivity index (χ1v) is 11.7. The van der Waals surface area contributed by atoms with Crippen LogP contribution >= 0.6 is 0 Å². The Morgan fingerprint density at radius 2 is 1.74 bits per heavy atom. The summed E-state index contributed by atoms with van der Waals surface area (Å²) in [6.07, 6.45) is 3.46. The van der Waals surface area contributed by atoms with Crippen LogP contribution < -0.4 is 9.46 Å². The number of hydrogen-bond donors (Lipinski definition) is 1. The molecule has 1 aromatic heterocycles. The molecule has 3 rings (SSSR count). The quantitative estimate of drug-likeness (QED) is 0.615. The van der Waals surface area contributed by atoms with Crippen LogP contribution in [0, 0.1) is 13.8 Å². The van der Waals surface area contributed by atoms with Gasteiger partial charge in [0.05, 0.1) is 12.0 Å². The summed E-state index contributed by atoms with van der Waals surface area (Å²) in [6, 6.07) is 10.6. The van der Waals surface area contributed by atoms with Crippen molar-refractivity contribution in [2.45, 2.75) is 51.0 Å². The normalized spacial score (nSPS) is 13.3. The number of aromatic nitrogens is 2. The summed E-state index contributed by atoms with van der Waals surface area (Å²) in [5, 5.41) is 0. The van der Waals surface area contributed by atoms with Crippen molar-refractivity contribution in [3.8, 4) is 5.75 Å². The van der Waals surface area contributed by atoms with Crippen LogP contribution in [0.4, 0.5) is 0 Å². The maximum atomic E-state index is 13.6. The summed E-state index contributed by atoms with van der Waals surface area (Å²) < 4.78 is 37.3. The molecule has 0 radical (unpaired) electrons. The predicted molar refractivity (Wildman–Crippen MR) is 123 cm³/mol. The van der Waals surface area contributed by atoms with E-state index in [9.17, 15) is 8.42 Å². The number of ether oxygens (including phenoxy) is 1. The number of sulfonamides is 1. The van der Waals surface area contributed by atoms with E-state index < -0.39 is 16.1 Å². The largest absolute Gasteiger partial charge is 0.497 e. The second-order valence-corrected chi connectivity index (χ2v) is 10.6. The van der Waals surface area contributed by atoms with E-state index in [1.807, 2.05) is 61.9 Å². The Balaban J connectivity index is 2.10. The van der Waals surface area contributed by atoms with Gasteiger partial charge in [0, 0.05) is 19.4 Å². The summed E-state index contributed by atoms with van der Waals surface area (Å²) in [6.45, 7) is 10.0. The predicted octanol–water partition coefficient (Wildman–Crippen LogP) is 4.41. The average Bonchev–Trinajstić information content (AvgIpc) is 3.10. The molecule has 1 atom stereocenters. The zero-order valence-electron chi connectivity index (χ0n) is 19.2. The Morgan fingerprint density at radius 1 is 1.10 bits per heavy atom. The van der Waals surface area contributed by atoms with Gasteiger partial charge in [-0.1, -0.05) is 45.0 Å². The first-order chi connectivity index (χ1) is 14.4. The zero-order valence-corrected chi connectivity index (χ0v) is 20.0. The topological polar surface area (TPSA) is 73.2 Å². The van der Waals surface area contributed by atoms with Crippen molar-refractivity contribution in [1.29, 1.82) is 0 Å². The Kier molecular flexibility index (Phi) is 6.30. The highest BCUT2D eigenvalue weighted by Gasteiger charge is 2.29. The van der Waals surface area contributed by atoms with E-state index in [0.717, 1.165) is 22.3 Å². The Hall–Kier alpha value is -2.64. The molecule has 1 N–H and O–H groups in total. The summed E-state index contributed by atoms with van der Waals surface area (Å²) in [5.74, 6) is 1.25. The molecule has 166 valence electrons. The summed E-state index contributed by atoms with van der Waals surface area (Å²) in [4.78, 5) is 4.72. The first-order valence-electron chi connectivity index (χ1n) is 10.2. The fourth-order valence-corrected chi connectivity index (χ4v) is 5.40. The van der Waals surface area contributed by atoms with E-state index in [1.165, 1.54) is 0 Å². The molecule has 3 aromatic rings. The summed E-state index contributed by atoms with van der Waals surface area (Å²) in [7, 11) is -0.406. The van der Waals surface area contributed by atoms with Crippen LogP contribution in [0.3, 0.4) is 0 Å². The van der Waals surface area contributed by atoms with Gasteiger partial charge in [-0.05, 0) is 53.6 Å². The van der Waals surface area contributed by atoms with Gasteiger partial charge in [0.15, 0.2) is 0 Å². The standard InChI is InChI=1S/C24H31N3O3S/c1-16-13-19(24(3,4)5)14-17(2)22(16)31(28,29)26-21(23-25-11-12-27(23)6)18-9-8-10-20(15-18)30-7/h8-15,21,26H,1-7H3. The highest BCUT2D eigenvalue weighted by molar-refractivity contribution is 7.89. The van der Waals surface area contributed by atoms with Gasteiger partial charge in [-0.15, -0.1) is 0 Å². The Bertz CT molecular complexity index is 1170. The molecule has 31 heavy (non-hydrogen) atoms. The monoisotopic (exact) mass is 441 g/mol. The molecule has 0 spiro atoms. The van der Waals surface area contributed by atoms with Gasteiger partial charge in [-0.2, -0.15) is 4.72 Å². The number of hydrogen-bond acceptors (Lipinski definition) is 4. The molecule has 2 aromatic carbocycles. The highest BCUT2D eigenvalue weighted by Crippen LogP contribution is 2.31. The lowest BCUT2D eigenvalue weighted by atomic mass is 9.85. The lowest BCUT2D eigenvalue weighted by molar-refractivity contribution is 0.413. The first kappa shape index (κ1) is 23.0. The number of methoxy groups -OCH3 is 1. The van der Waals surface area contributed by atoms with E-state index in [0.29, 0.717) is 16.5 Å². The average molecular weight is 442 g/mol. The molecule has 1 heterocycles. The van der Waals surface area contributed by atoms with E-state index in [4.69, 9.17) is 4.74 Å². The SMILES string of the molecule is COc1cccc(C(NS(=O)(=O)c2c(C)cc(C(C)(C)C)cc2C)c2nccn2C)c1. The third-order valence-corrected chi connectivity index (χ3v) is 7.14. The molecular weight excluding hydrogens is 410 g/mol. The van der Waals surface area contributed by atoms with E-state index in [1.54, 1.807) is 19.5 Å². The number of imidazole rings is 1.